The fourth-order valence-electron chi connectivity index (χ4n) is 4.71. The second-order valence-electron chi connectivity index (χ2n) is 10.0. The zero-order chi connectivity index (χ0) is 22.4. The monoisotopic (exact) mass is 426 g/mol. The summed E-state index contributed by atoms with van der Waals surface area (Å²) in [6.45, 7) is 8.76. The summed E-state index contributed by atoms with van der Waals surface area (Å²) in [6.07, 6.45) is 28.5. The molecule has 1 aromatic carbocycles. The maximum Gasteiger partial charge on any atom is -0.0168 e. The van der Waals surface area contributed by atoms with E-state index in [1.807, 2.05) is 0 Å². The number of benzene rings is 1. The molecule has 0 N–H and O–H groups in total. The lowest BCUT2D eigenvalue weighted by molar-refractivity contribution is 0.492. The standard InChI is InChI=1S/C31H54/c1-4-5-6-7-8-9-10-11-12-13-14-15-16-17-18-19-20-24-27-31(29(2)3)28-30-25-22-21-23-26-30/h21-23,25-26,31H,2,4-20,24,27-28H2,1,3H3. The Kier molecular flexibility index (Phi) is 18.8. The predicted molar refractivity (Wildman–Crippen MR) is 142 cm³/mol. The van der Waals surface area contributed by atoms with Crippen molar-refractivity contribution in [2.45, 2.75) is 142 Å². The van der Waals surface area contributed by atoms with Crippen LogP contribution in [0.15, 0.2) is 42.5 Å². The summed E-state index contributed by atoms with van der Waals surface area (Å²) in [5.41, 5.74) is 2.81. The first-order chi connectivity index (χ1) is 15.2. The van der Waals surface area contributed by atoms with Crippen LogP contribution in [0.4, 0.5) is 0 Å². The molecule has 0 aliphatic rings. The van der Waals surface area contributed by atoms with Crippen molar-refractivity contribution in [3.8, 4) is 0 Å². The number of hydrogen-bond acceptors (Lipinski definition) is 0. The SMILES string of the molecule is C=C(C)C(CCCCCCCCCCCCCCCCCCCC)Cc1ccccc1. The van der Waals surface area contributed by atoms with Gasteiger partial charge in [0.15, 0.2) is 0 Å². The van der Waals surface area contributed by atoms with Crippen molar-refractivity contribution in [1.29, 1.82) is 0 Å². The third-order valence-electron chi connectivity index (χ3n) is 6.93. The van der Waals surface area contributed by atoms with Crippen LogP contribution in [-0.4, -0.2) is 0 Å². The van der Waals surface area contributed by atoms with Gasteiger partial charge >= 0.3 is 0 Å². The van der Waals surface area contributed by atoms with Gasteiger partial charge in [-0.25, -0.2) is 0 Å². The first-order valence-corrected chi connectivity index (χ1v) is 13.9. The minimum Gasteiger partial charge on any atom is -0.0998 e. The van der Waals surface area contributed by atoms with Crippen LogP contribution in [0.2, 0.25) is 0 Å². The first-order valence-electron chi connectivity index (χ1n) is 13.9. The summed E-state index contributed by atoms with van der Waals surface area (Å²) >= 11 is 0. The third kappa shape index (κ3) is 17.2. The molecule has 0 aliphatic heterocycles. The van der Waals surface area contributed by atoms with E-state index in [2.05, 4.69) is 50.8 Å². The van der Waals surface area contributed by atoms with Gasteiger partial charge in [-0.1, -0.05) is 165 Å². The molecule has 0 fully saturated rings. The average Bonchev–Trinajstić information content (AvgIpc) is 2.78. The molecule has 1 rings (SSSR count). The molecule has 1 atom stereocenters. The Morgan fingerprint density at radius 1 is 0.613 bits per heavy atom. The summed E-state index contributed by atoms with van der Waals surface area (Å²) in [7, 11) is 0. The van der Waals surface area contributed by atoms with Gasteiger partial charge in [-0.05, 0) is 31.2 Å². The summed E-state index contributed by atoms with van der Waals surface area (Å²) < 4.78 is 0. The second kappa shape index (κ2) is 20.8. The normalized spacial score (nSPS) is 12.2. The highest BCUT2D eigenvalue weighted by molar-refractivity contribution is 5.17. The molecule has 0 nitrogen and oxygen atoms in total. The van der Waals surface area contributed by atoms with Gasteiger partial charge in [0.25, 0.3) is 0 Å². The lowest BCUT2D eigenvalue weighted by atomic mass is 9.88. The quantitative estimate of drug-likeness (QED) is 0.128. The van der Waals surface area contributed by atoms with Crippen molar-refractivity contribution in [1.82, 2.24) is 0 Å². The van der Waals surface area contributed by atoms with Crippen molar-refractivity contribution < 1.29 is 0 Å². The maximum atomic E-state index is 4.25. The molecular formula is C31H54. The fraction of sp³-hybridized carbons (Fsp3) is 0.742. The molecule has 1 aromatic rings. The molecule has 0 amide bonds. The largest absolute Gasteiger partial charge is 0.0998 e. The van der Waals surface area contributed by atoms with Gasteiger partial charge < -0.3 is 0 Å². The van der Waals surface area contributed by atoms with Crippen LogP contribution in [0, 0.1) is 5.92 Å². The zero-order valence-electron chi connectivity index (χ0n) is 21.3. The van der Waals surface area contributed by atoms with E-state index < -0.39 is 0 Å². The molecular weight excluding hydrogens is 372 g/mol. The Bertz CT molecular complexity index is 500. The van der Waals surface area contributed by atoms with Gasteiger partial charge in [-0.3, -0.25) is 0 Å². The lowest BCUT2D eigenvalue weighted by Crippen LogP contribution is -2.05. The van der Waals surface area contributed by atoms with Crippen molar-refractivity contribution in [2.75, 3.05) is 0 Å². The first kappa shape index (κ1) is 28.0. The van der Waals surface area contributed by atoms with Crippen LogP contribution in [-0.2, 0) is 6.42 Å². The topological polar surface area (TPSA) is 0 Å². The Balaban J connectivity index is 1.84. The summed E-state index contributed by atoms with van der Waals surface area (Å²) in [6, 6.07) is 10.9. The molecule has 0 heterocycles. The Morgan fingerprint density at radius 2 is 1.00 bits per heavy atom. The van der Waals surface area contributed by atoms with Crippen molar-refractivity contribution in [3.63, 3.8) is 0 Å². The lowest BCUT2D eigenvalue weighted by Gasteiger charge is -2.17. The third-order valence-corrected chi connectivity index (χ3v) is 6.93. The number of allylic oxidation sites excluding steroid dienone is 1. The minimum absolute atomic E-state index is 0.656. The molecule has 0 spiro atoms. The van der Waals surface area contributed by atoms with E-state index in [0.717, 1.165) is 6.42 Å². The van der Waals surface area contributed by atoms with E-state index in [4.69, 9.17) is 0 Å². The fourth-order valence-corrected chi connectivity index (χ4v) is 4.71. The van der Waals surface area contributed by atoms with E-state index in [9.17, 15) is 0 Å². The Hall–Kier alpha value is -1.04. The van der Waals surface area contributed by atoms with Gasteiger partial charge in [-0.2, -0.15) is 0 Å². The average molecular weight is 427 g/mol. The van der Waals surface area contributed by atoms with E-state index in [0.29, 0.717) is 5.92 Å². The van der Waals surface area contributed by atoms with Gasteiger partial charge in [0.05, 0.1) is 0 Å². The van der Waals surface area contributed by atoms with Crippen LogP contribution >= 0.6 is 0 Å². The summed E-state index contributed by atoms with van der Waals surface area (Å²) in [5.74, 6) is 0.656. The Labute approximate surface area is 196 Å². The van der Waals surface area contributed by atoms with Crippen LogP contribution in [0.5, 0.6) is 0 Å². The number of rotatable bonds is 22. The molecule has 0 bridgehead atoms. The summed E-state index contributed by atoms with van der Waals surface area (Å²) in [4.78, 5) is 0. The van der Waals surface area contributed by atoms with Gasteiger partial charge in [-0.15, -0.1) is 0 Å². The summed E-state index contributed by atoms with van der Waals surface area (Å²) in [5, 5.41) is 0. The predicted octanol–water partition coefficient (Wildman–Crippen LogP) is 10.9. The molecule has 1 unspecified atom stereocenters. The van der Waals surface area contributed by atoms with Gasteiger partial charge in [0, 0.05) is 0 Å². The van der Waals surface area contributed by atoms with Crippen LogP contribution in [0.25, 0.3) is 0 Å². The molecule has 0 aliphatic carbocycles. The molecule has 0 saturated carbocycles. The highest BCUT2D eigenvalue weighted by Gasteiger charge is 2.10. The molecule has 0 radical (unpaired) electrons. The molecule has 0 aromatic heterocycles. The van der Waals surface area contributed by atoms with Gasteiger partial charge in [0.2, 0.25) is 0 Å². The molecule has 0 saturated heterocycles. The highest BCUT2D eigenvalue weighted by Crippen LogP contribution is 2.23. The van der Waals surface area contributed by atoms with Crippen LogP contribution < -0.4 is 0 Å². The van der Waals surface area contributed by atoms with E-state index in [1.165, 1.54) is 133 Å². The maximum absolute atomic E-state index is 4.25. The molecule has 31 heavy (non-hydrogen) atoms. The number of hydrogen-bond donors (Lipinski definition) is 0. The smallest absolute Gasteiger partial charge is 0.0168 e. The van der Waals surface area contributed by atoms with Crippen molar-refractivity contribution in [2.24, 2.45) is 5.92 Å². The molecule has 0 heteroatoms. The van der Waals surface area contributed by atoms with E-state index in [1.54, 1.807) is 0 Å². The minimum atomic E-state index is 0.656. The van der Waals surface area contributed by atoms with Crippen LogP contribution in [0.3, 0.4) is 0 Å². The number of unbranched alkanes of at least 4 members (excludes halogenated alkanes) is 17. The molecule has 178 valence electrons. The Morgan fingerprint density at radius 3 is 1.39 bits per heavy atom. The van der Waals surface area contributed by atoms with Crippen molar-refractivity contribution >= 4 is 0 Å². The van der Waals surface area contributed by atoms with Gasteiger partial charge in [0.1, 0.15) is 0 Å². The van der Waals surface area contributed by atoms with Crippen LogP contribution in [0.1, 0.15) is 141 Å². The second-order valence-corrected chi connectivity index (χ2v) is 10.0. The van der Waals surface area contributed by atoms with Crippen molar-refractivity contribution in [3.05, 3.63) is 48.0 Å². The highest BCUT2D eigenvalue weighted by atomic mass is 14.1. The van der Waals surface area contributed by atoms with E-state index >= 15 is 0 Å². The van der Waals surface area contributed by atoms with E-state index in [-0.39, 0.29) is 0 Å². The zero-order valence-corrected chi connectivity index (χ0v) is 21.3.